The van der Waals surface area contributed by atoms with Gasteiger partial charge in [0.05, 0.1) is 7.11 Å². The molecule has 4 nitrogen and oxygen atoms in total. The Balaban J connectivity index is 1.84. The zero-order valence-electron chi connectivity index (χ0n) is 7.00. The summed E-state index contributed by atoms with van der Waals surface area (Å²) in [5.74, 6) is 0.319. The van der Waals surface area contributed by atoms with Crippen LogP contribution in [0.1, 0.15) is 12.8 Å². The summed E-state index contributed by atoms with van der Waals surface area (Å²) in [6.45, 7) is 1.40. The minimum Gasteiger partial charge on any atom is -0.453 e. The Labute approximate surface area is 70.5 Å². The number of hydrogen-bond donors (Lipinski definition) is 0. The van der Waals surface area contributed by atoms with E-state index in [-0.39, 0.29) is 11.5 Å². The number of carbonyl (C=O) groups is 2. The lowest BCUT2D eigenvalue weighted by Crippen LogP contribution is -2.63. The van der Waals surface area contributed by atoms with Crippen LogP contribution in [0, 0.1) is 5.41 Å². The molecule has 1 saturated heterocycles. The first-order valence-electron chi connectivity index (χ1n) is 4.00. The van der Waals surface area contributed by atoms with Crippen LogP contribution in [-0.4, -0.2) is 37.0 Å². The molecule has 2 fully saturated rings. The van der Waals surface area contributed by atoms with Gasteiger partial charge in [0.25, 0.3) is 0 Å². The first-order valence-corrected chi connectivity index (χ1v) is 4.00. The number of ketones is 1. The molecule has 2 rings (SSSR count). The summed E-state index contributed by atoms with van der Waals surface area (Å²) in [6, 6.07) is 0. The molecule has 1 aliphatic carbocycles. The van der Waals surface area contributed by atoms with Gasteiger partial charge in [-0.15, -0.1) is 0 Å². The van der Waals surface area contributed by atoms with Gasteiger partial charge >= 0.3 is 6.09 Å². The van der Waals surface area contributed by atoms with Gasteiger partial charge in [0.15, 0.2) is 0 Å². The number of hydrogen-bond acceptors (Lipinski definition) is 3. The van der Waals surface area contributed by atoms with Crippen molar-refractivity contribution in [2.75, 3.05) is 20.2 Å². The van der Waals surface area contributed by atoms with Crippen LogP contribution < -0.4 is 0 Å². The number of likely N-dealkylation sites (tertiary alicyclic amines) is 1. The maximum Gasteiger partial charge on any atom is 0.409 e. The SMILES string of the molecule is COC(=O)N1CC2(CC(=O)C2)C1. The summed E-state index contributed by atoms with van der Waals surface area (Å²) in [5, 5.41) is 0. The van der Waals surface area contributed by atoms with E-state index in [4.69, 9.17) is 0 Å². The van der Waals surface area contributed by atoms with E-state index >= 15 is 0 Å². The van der Waals surface area contributed by atoms with Crippen molar-refractivity contribution in [3.8, 4) is 0 Å². The van der Waals surface area contributed by atoms with Crippen LogP contribution in [0.15, 0.2) is 0 Å². The third-order valence-corrected chi connectivity index (χ3v) is 2.63. The third kappa shape index (κ3) is 0.906. The standard InChI is InChI=1S/C8H11NO3/c1-12-7(11)9-4-8(5-9)2-6(10)3-8/h2-5H2,1H3. The fourth-order valence-electron chi connectivity index (χ4n) is 2.03. The molecule has 1 amide bonds. The summed E-state index contributed by atoms with van der Waals surface area (Å²) < 4.78 is 4.54. The third-order valence-electron chi connectivity index (χ3n) is 2.63. The number of amides is 1. The molecule has 0 aromatic rings. The molecule has 0 unspecified atom stereocenters. The van der Waals surface area contributed by atoms with Gasteiger partial charge in [0.2, 0.25) is 0 Å². The topological polar surface area (TPSA) is 46.6 Å². The Hall–Kier alpha value is -1.06. The second-order valence-corrected chi connectivity index (χ2v) is 3.72. The average Bonchev–Trinajstić information content (AvgIpc) is 1.92. The van der Waals surface area contributed by atoms with Gasteiger partial charge in [-0.25, -0.2) is 4.79 Å². The van der Waals surface area contributed by atoms with Crippen molar-refractivity contribution < 1.29 is 14.3 Å². The molecule has 1 aliphatic heterocycles. The van der Waals surface area contributed by atoms with Crippen molar-refractivity contribution in [3.63, 3.8) is 0 Å². The van der Waals surface area contributed by atoms with E-state index in [1.54, 1.807) is 4.90 Å². The Morgan fingerprint density at radius 2 is 2.08 bits per heavy atom. The van der Waals surface area contributed by atoms with E-state index in [9.17, 15) is 9.59 Å². The molecule has 0 aromatic heterocycles. The molecule has 2 aliphatic rings. The summed E-state index contributed by atoms with van der Waals surface area (Å²) in [5.41, 5.74) is 0.144. The van der Waals surface area contributed by atoms with Crippen LogP contribution in [0.25, 0.3) is 0 Å². The van der Waals surface area contributed by atoms with Crippen molar-refractivity contribution in [1.29, 1.82) is 0 Å². The van der Waals surface area contributed by atoms with Gasteiger partial charge in [-0.05, 0) is 0 Å². The number of carbonyl (C=O) groups excluding carboxylic acids is 2. The molecular weight excluding hydrogens is 158 g/mol. The lowest BCUT2D eigenvalue weighted by molar-refractivity contribution is -0.143. The van der Waals surface area contributed by atoms with Crippen LogP contribution in [0.2, 0.25) is 0 Å². The van der Waals surface area contributed by atoms with E-state index in [0.717, 1.165) is 0 Å². The van der Waals surface area contributed by atoms with Crippen molar-refractivity contribution in [1.82, 2.24) is 4.90 Å². The lowest BCUT2D eigenvalue weighted by Gasteiger charge is -2.53. The number of ether oxygens (including phenoxy) is 1. The monoisotopic (exact) mass is 169 g/mol. The zero-order chi connectivity index (χ0) is 8.77. The highest BCUT2D eigenvalue weighted by Crippen LogP contribution is 2.45. The maximum atomic E-state index is 10.9. The van der Waals surface area contributed by atoms with Gasteiger partial charge in [0, 0.05) is 31.3 Å². The van der Waals surface area contributed by atoms with Crippen LogP contribution >= 0.6 is 0 Å². The van der Waals surface area contributed by atoms with Crippen LogP contribution in [0.4, 0.5) is 4.79 Å². The predicted molar refractivity (Wildman–Crippen MR) is 40.7 cm³/mol. The molecule has 1 spiro atoms. The quantitative estimate of drug-likeness (QED) is 0.528. The van der Waals surface area contributed by atoms with Crippen molar-refractivity contribution >= 4 is 11.9 Å². The number of Topliss-reactive ketones (excluding diaryl/α,β-unsaturated/α-hetero) is 1. The molecule has 4 heteroatoms. The highest BCUT2D eigenvalue weighted by molar-refractivity contribution is 5.87. The van der Waals surface area contributed by atoms with Crippen LogP contribution in [0.5, 0.6) is 0 Å². The van der Waals surface area contributed by atoms with Crippen molar-refractivity contribution in [3.05, 3.63) is 0 Å². The Morgan fingerprint density at radius 3 is 2.50 bits per heavy atom. The first-order chi connectivity index (χ1) is 5.65. The van der Waals surface area contributed by atoms with Gasteiger partial charge in [-0.1, -0.05) is 0 Å². The summed E-state index contributed by atoms with van der Waals surface area (Å²) in [4.78, 5) is 23.3. The largest absolute Gasteiger partial charge is 0.453 e. The Bertz CT molecular complexity index is 233. The average molecular weight is 169 g/mol. The second-order valence-electron chi connectivity index (χ2n) is 3.72. The predicted octanol–water partition coefficient (Wildman–Crippen LogP) is 0.418. The second kappa shape index (κ2) is 2.21. The van der Waals surface area contributed by atoms with Gasteiger partial charge in [-0.3, -0.25) is 4.79 Å². The van der Waals surface area contributed by atoms with Gasteiger partial charge in [0.1, 0.15) is 5.78 Å². The molecule has 0 atom stereocenters. The number of methoxy groups -OCH3 is 1. The zero-order valence-corrected chi connectivity index (χ0v) is 7.00. The van der Waals surface area contributed by atoms with Crippen LogP contribution in [-0.2, 0) is 9.53 Å². The number of rotatable bonds is 0. The molecular formula is C8H11NO3. The normalized spacial score (nSPS) is 24.8. The summed E-state index contributed by atoms with van der Waals surface area (Å²) >= 11 is 0. The molecule has 0 bridgehead atoms. The minimum absolute atomic E-state index is 0.144. The minimum atomic E-state index is -0.278. The Morgan fingerprint density at radius 1 is 1.50 bits per heavy atom. The van der Waals surface area contributed by atoms with E-state index in [1.165, 1.54) is 7.11 Å². The number of nitrogens with zero attached hydrogens (tertiary/aromatic N) is 1. The molecule has 0 aromatic carbocycles. The van der Waals surface area contributed by atoms with Crippen molar-refractivity contribution in [2.24, 2.45) is 5.41 Å². The van der Waals surface area contributed by atoms with E-state index < -0.39 is 0 Å². The fraction of sp³-hybridized carbons (Fsp3) is 0.750. The van der Waals surface area contributed by atoms with E-state index in [2.05, 4.69) is 4.74 Å². The first kappa shape index (κ1) is 7.58. The molecule has 0 radical (unpaired) electrons. The summed E-state index contributed by atoms with van der Waals surface area (Å²) in [7, 11) is 1.37. The molecule has 0 N–H and O–H groups in total. The summed E-state index contributed by atoms with van der Waals surface area (Å²) in [6.07, 6.45) is 1.03. The molecule has 1 saturated carbocycles. The maximum absolute atomic E-state index is 10.9. The molecule has 66 valence electrons. The van der Waals surface area contributed by atoms with E-state index in [0.29, 0.717) is 31.7 Å². The van der Waals surface area contributed by atoms with E-state index in [1.807, 2.05) is 0 Å². The van der Waals surface area contributed by atoms with Gasteiger partial charge in [-0.2, -0.15) is 0 Å². The van der Waals surface area contributed by atoms with Crippen molar-refractivity contribution in [2.45, 2.75) is 12.8 Å². The van der Waals surface area contributed by atoms with Gasteiger partial charge < -0.3 is 9.64 Å². The molecule has 12 heavy (non-hydrogen) atoms. The highest BCUT2D eigenvalue weighted by Gasteiger charge is 2.53. The fourth-order valence-corrected chi connectivity index (χ4v) is 2.03. The highest BCUT2D eigenvalue weighted by atomic mass is 16.5. The van der Waals surface area contributed by atoms with Crippen LogP contribution in [0.3, 0.4) is 0 Å². The lowest BCUT2D eigenvalue weighted by atomic mass is 9.63. The smallest absolute Gasteiger partial charge is 0.409 e. The Kier molecular flexibility index (Phi) is 1.40. The molecule has 1 heterocycles.